The van der Waals surface area contributed by atoms with Gasteiger partial charge >= 0.3 is 0 Å². The Labute approximate surface area is 208 Å². The van der Waals surface area contributed by atoms with E-state index in [9.17, 15) is 9.59 Å². The Hall–Kier alpha value is -3.06. The summed E-state index contributed by atoms with van der Waals surface area (Å²) in [6, 6.07) is 7.29. The molecule has 1 unspecified atom stereocenters. The number of ether oxygens (including phenoxy) is 2. The summed E-state index contributed by atoms with van der Waals surface area (Å²) in [5, 5.41) is 7.07. The van der Waals surface area contributed by atoms with Gasteiger partial charge in [0.1, 0.15) is 17.7 Å². The number of carbonyl (C=O) groups excluding carboxylic acids is 2. The van der Waals surface area contributed by atoms with Gasteiger partial charge in [0.2, 0.25) is 11.7 Å². The van der Waals surface area contributed by atoms with Crippen LogP contribution in [0.25, 0.3) is 11.0 Å². The number of benzene rings is 1. The summed E-state index contributed by atoms with van der Waals surface area (Å²) in [6.07, 6.45) is 7.11. The van der Waals surface area contributed by atoms with E-state index in [1.165, 1.54) is 18.4 Å². The van der Waals surface area contributed by atoms with Crippen molar-refractivity contribution < 1.29 is 23.5 Å². The molecule has 0 aliphatic rings. The molecule has 0 fully saturated rings. The Morgan fingerprint density at radius 2 is 1.94 bits per heavy atom. The quantitative estimate of drug-likeness (QED) is 0.149. The van der Waals surface area contributed by atoms with E-state index in [4.69, 9.17) is 13.9 Å². The molecule has 7 heteroatoms. The molecular weight excluding hydrogens is 444 g/mol. The zero-order valence-electron chi connectivity index (χ0n) is 22.0. The Bertz CT molecular complexity index is 1050. The Kier molecular flexibility index (Phi) is 11.1. The fourth-order valence-electron chi connectivity index (χ4n) is 3.58. The SMILES string of the molecule is CCCC/C=C(\C)CCNC(C)(COc1c(C=O)oc2ccccc12)C(=O)NC/C(C)=C(/C)OC. The minimum absolute atomic E-state index is 0.0216. The van der Waals surface area contributed by atoms with E-state index in [0.29, 0.717) is 36.1 Å². The first-order valence-corrected chi connectivity index (χ1v) is 12.2. The van der Waals surface area contributed by atoms with Crippen LogP contribution in [0.5, 0.6) is 5.75 Å². The van der Waals surface area contributed by atoms with Gasteiger partial charge in [0.05, 0.1) is 18.3 Å². The molecule has 192 valence electrons. The van der Waals surface area contributed by atoms with Crippen molar-refractivity contribution in [3.8, 4) is 5.75 Å². The average Bonchev–Trinajstić information content (AvgIpc) is 3.23. The molecule has 0 saturated heterocycles. The lowest BCUT2D eigenvalue weighted by molar-refractivity contribution is -0.128. The molecule has 1 aromatic heterocycles. The van der Waals surface area contributed by atoms with Crippen LogP contribution in [0.2, 0.25) is 0 Å². The standard InChI is InChI=1S/C28H40N2O5/c1-7-8-9-12-20(2)15-16-30-28(5,27(32)29-17-21(3)22(4)33-6)19-34-26-23-13-10-11-14-24(23)35-25(26)18-31/h10-14,18,30H,7-9,15-17,19H2,1-6H3,(H,29,32)/b20-12+,22-21-. The molecule has 2 aromatic rings. The molecule has 1 atom stereocenters. The molecule has 0 spiro atoms. The number of fused-ring (bicyclic) bond motifs is 1. The highest BCUT2D eigenvalue weighted by molar-refractivity contribution is 5.93. The molecule has 1 amide bonds. The molecule has 0 aliphatic heterocycles. The lowest BCUT2D eigenvalue weighted by atomic mass is 10.0. The third kappa shape index (κ3) is 7.99. The topological polar surface area (TPSA) is 89.8 Å². The van der Waals surface area contributed by atoms with Crippen LogP contribution in [-0.2, 0) is 9.53 Å². The smallest absolute Gasteiger partial charge is 0.243 e. The van der Waals surface area contributed by atoms with E-state index in [-0.39, 0.29) is 18.3 Å². The molecule has 0 saturated carbocycles. The molecule has 35 heavy (non-hydrogen) atoms. The van der Waals surface area contributed by atoms with Crippen molar-refractivity contribution in [2.45, 2.75) is 65.8 Å². The maximum Gasteiger partial charge on any atom is 0.243 e. The molecule has 0 radical (unpaired) electrons. The molecule has 7 nitrogen and oxygen atoms in total. The lowest BCUT2D eigenvalue weighted by Gasteiger charge is -2.30. The van der Waals surface area contributed by atoms with Crippen molar-refractivity contribution in [2.24, 2.45) is 0 Å². The summed E-state index contributed by atoms with van der Waals surface area (Å²) in [6.45, 7) is 10.9. The molecule has 2 N–H and O–H groups in total. The maximum atomic E-state index is 13.3. The van der Waals surface area contributed by atoms with Crippen LogP contribution >= 0.6 is 0 Å². The normalized spacial score (nSPS) is 14.3. The van der Waals surface area contributed by atoms with Crippen molar-refractivity contribution in [3.05, 3.63) is 53.0 Å². The lowest BCUT2D eigenvalue weighted by Crippen LogP contribution is -2.59. The van der Waals surface area contributed by atoms with E-state index in [1.807, 2.05) is 39.0 Å². The van der Waals surface area contributed by atoms with Crippen molar-refractivity contribution in [1.29, 1.82) is 0 Å². The van der Waals surface area contributed by atoms with Gasteiger partial charge in [0.25, 0.3) is 0 Å². The average molecular weight is 485 g/mol. The van der Waals surface area contributed by atoms with Crippen LogP contribution in [0.15, 0.2) is 51.7 Å². The van der Waals surface area contributed by atoms with Crippen LogP contribution in [0.3, 0.4) is 0 Å². The van der Waals surface area contributed by atoms with Gasteiger partial charge in [-0.3, -0.25) is 9.59 Å². The number of unbranched alkanes of at least 4 members (excludes halogenated alkanes) is 2. The van der Waals surface area contributed by atoms with E-state index >= 15 is 0 Å². The van der Waals surface area contributed by atoms with E-state index < -0.39 is 5.54 Å². The molecular formula is C28H40N2O5. The second-order valence-electron chi connectivity index (χ2n) is 9.12. The first kappa shape index (κ1) is 28.2. The van der Waals surface area contributed by atoms with Crippen LogP contribution in [0.4, 0.5) is 0 Å². The summed E-state index contributed by atoms with van der Waals surface area (Å²) in [5.41, 5.74) is 1.74. The monoisotopic (exact) mass is 484 g/mol. The predicted octanol–water partition coefficient (Wildman–Crippen LogP) is 5.56. The Morgan fingerprint density at radius 3 is 2.63 bits per heavy atom. The van der Waals surface area contributed by atoms with Crippen molar-refractivity contribution in [2.75, 3.05) is 26.8 Å². The zero-order valence-corrected chi connectivity index (χ0v) is 22.0. The van der Waals surface area contributed by atoms with Crippen LogP contribution in [-0.4, -0.2) is 44.5 Å². The summed E-state index contributed by atoms with van der Waals surface area (Å²) >= 11 is 0. The van der Waals surface area contributed by atoms with Crippen molar-refractivity contribution in [1.82, 2.24) is 10.6 Å². The van der Waals surface area contributed by atoms with Gasteiger partial charge in [-0.2, -0.15) is 0 Å². The van der Waals surface area contributed by atoms with E-state index in [0.717, 1.165) is 24.2 Å². The highest BCUT2D eigenvalue weighted by Gasteiger charge is 2.34. The van der Waals surface area contributed by atoms with Gasteiger partial charge in [-0.25, -0.2) is 0 Å². The molecule has 1 heterocycles. The van der Waals surface area contributed by atoms with Gasteiger partial charge in [-0.1, -0.05) is 43.5 Å². The van der Waals surface area contributed by atoms with Gasteiger partial charge in [-0.05, 0) is 64.8 Å². The van der Waals surface area contributed by atoms with E-state index in [2.05, 4.69) is 30.6 Å². The number of aldehydes is 1. The Morgan fingerprint density at radius 1 is 1.20 bits per heavy atom. The number of furan rings is 1. The van der Waals surface area contributed by atoms with Gasteiger partial charge in [0, 0.05) is 6.54 Å². The maximum absolute atomic E-state index is 13.3. The van der Waals surface area contributed by atoms with E-state index in [1.54, 1.807) is 13.2 Å². The molecule has 0 aliphatic carbocycles. The third-order valence-electron chi connectivity index (χ3n) is 6.20. The first-order chi connectivity index (χ1) is 16.8. The van der Waals surface area contributed by atoms with Crippen LogP contribution in [0.1, 0.15) is 70.9 Å². The number of rotatable bonds is 15. The highest BCUT2D eigenvalue weighted by atomic mass is 16.5. The summed E-state index contributed by atoms with van der Waals surface area (Å²) in [4.78, 5) is 24.9. The van der Waals surface area contributed by atoms with Gasteiger partial charge in [0.15, 0.2) is 12.0 Å². The molecule has 1 aromatic carbocycles. The van der Waals surface area contributed by atoms with Crippen molar-refractivity contribution in [3.63, 3.8) is 0 Å². The number of para-hydroxylation sites is 1. The third-order valence-corrected chi connectivity index (χ3v) is 6.20. The highest BCUT2D eigenvalue weighted by Crippen LogP contribution is 2.32. The van der Waals surface area contributed by atoms with Gasteiger partial charge in [-0.15, -0.1) is 0 Å². The second kappa shape index (κ2) is 13.7. The fraction of sp³-hybridized carbons (Fsp3) is 0.500. The first-order valence-electron chi connectivity index (χ1n) is 12.2. The Balaban J connectivity index is 2.18. The molecule has 2 rings (SSSR count). The number of nitrogens with one attached hydrogen (secondary N) is 2. The van der Waals surface area contributed by atoms with Crippen LogP contribution < -0.4 is 15.4 Å². The minimum Gasteiger partial charge on any atom is -0.501 e. The largest absolute Gasteiger partial charge is 0.501 e. The number of amides is 1. The predicted molar refractivity (Wildman–Crippen MR) is 140 cm³/mol. The number of methoxy groups -OCH3 is 1. The second-order valence-corrected chi connectivity index (χ2v) is 9.12. The minimum atomic E-state index is -1.04. The summed E-state index contributed by atoms with van der Waals surface area (Å²) < 4.78 is 17.0. The number of allylic oxidation sites excluding steroid dienone is 2. The van der Waals surface area contributed by atoms with Gasteiger partial charge < -0.3 is 24.5 Å². The number of hydrogen-bond donors (Lipinski definition) is 2. The summed E-state index contributed by atoms with van der Waals surface area (Å²) in [5.74, 6) is 1.02. The fourth-order valence-corrected chi connectivity index (χ4v) is 3.58. The number of carbonyl (C=O) groups is 2. The zero-order chi connectivity index (χ0) is 25.8. The van der Waals surface area contributed by atoms with Crippen molar-refractivity contribution >= 4 is 23.2 Å². The summed E-state index contributed by atoms with van der Waals surface area (Å²) in [7, 11) is 1.61. The van der Waals surface area contributed by atoms with Crippen LogP contribution in [0, 0.1) is 0 Å². The number of hydrogen-bond acceptors (Lipinski definition) is 6. The molecule has 0 bridgehead atoms.